The SMILES string of the molecule is CCC(c1ccccc1F)N1CC(C)NCC1C. The molecule has 1 N–H and O–H groups in total. The zero-order chi connectivity index (χ0) is 13.1. The summed E-state index contributed by atoms with van der Waals surface area (Å²) in [7, 11) is 0. The van der Waals surface area contributed by atoms with Gasteiger partial charge in [0.25, 0.3) is 0 Å². The number of piperazine rings is 1. The first-order valence-electron chi connectivity index (χ1n) is 6.87. The van der Waals surface area contributed by atoms with Crippen molar-refractivity contribution < 1.29 is 4.39 Å². The van der Waals surface area contributed by atoms with E-state index in [-0.39, 0.29) is 11.9 Å². The molecule has 1 saturated heterocycles. The fraction of sp³-hybridized carbons (Fsp3) is 0.600. The van der Waals surface area contributed by atoms with Crippen LogP contribution in [0.1, 0.15) is 38.8 Å². The van der Waals surface area contributed by atoms with Gasteiger partial charge in [-0.2, -0.15) is 0 Å². The van der Waals surface area contributed by atoms with Crippen LogP contribution in [0.3, 0.4) is 0 Å². The third kappa shape index (κ3) is 2.73. The van der Waals surface area contributed by atoms with Crippen molar-refractivity contribution in [2.24, 2.45) is 0 Å². The van der Waals surface area contributed by atoms with Gasteiger partial charge in [-0.15, -0.1) is 0 Å². The Hall–Kier alpha value is -0.930. The molecule has 1 aromatic rings. The lowest BCUT2D eigenvalue weighted by Crippen LogP contribution is -2.55. The fourth-order valence-electron chi connectivity index (χ4n) is 2.86. The van der Waals surface area contributed by atoms with Crippen LogP contribution in [0.15, 0.2) is 24.3 Å². The monoisotopic (exact) mass is 250 g/mol. The summed E-state index contributed by atoms with van der Waals surface area (Å²) in [6.45, 7) is 8.49. The van der Waals surface area contributed by atoms with E-state index in [2.05, 4.69) is 31.0 Å². The molecule has 1 aromatic carbocycles. The molecule has 0 radical (unpaired) electrons. The van der Waals surface area contributed by atoms with Crippen molar-refractivity contribution in [2.45, 2.75) is 45.3 Å². The van der Waals surface area contributed by atoms with E-state index >= 15 is 0 Å². The van der Waals surface area contributed by atoms with Crippen LogP contribution in [0.4, 0.5) is 4.39 Å². The van der Waals surface area contributed by atoms with E-state index in [1.54, 1.807) is 12.1 Å². The lowest BCUT2D eigenvalue weighted by atomic mass is 9.98. The number of rotatable bonds is 3. The highest BCUT2D eigenvalue weighted by Crippen LogP contribution is 2.29. The zero-order valence-corrected chi connectivity index (χ0v) is 11.5. The van der Waals surface area contributed by atoms with E-state index in [0.29, 0.717) is 12.1 Å². The van der Waals surface area contributed by atoms with Gasteiger partial charge in [0.05, 0.1) is 0 Å². The molecule has 1 aliphatic heterocycles. The summed E-state index contributed by atoms with van der Waals surface area (Å²) in [4.78, 5) is 2.43. The van der Waals surface area contributed by atoms with Crippen LogP contribution in [0.2, 0.25) is 0 Å². The average Bonchev–Trinajstić information content (AvgIpc) is 2.36. The van der Waals surface area contributed by atoms with Crippen molar-refractivity contribution in [1.29, 1.82) is 0 Å². The van der Waals surface area contributed by atoms with Crippen LogP contribution >= 0.6 is 0 Å². The largest absolute Gasteiger partial charge is 0.311 e. The molecule has 0 bridgehead atoms. The fourth-order valence-corrected chi connectivity index (χ4v) is 2.86. The van der Waals surface area contributed by atoms with Crippen molar-refractivity contribution in [3.05, 3.63) is 35.6 Å². The van der Waals surface area contributed by atoms with Gasteiger partial charge in [0.2, 0.25) is 0 Å². The standard InChI is InChI=1S/C15H23FN2/c1-4-15(13-7-5-6-8-14(13)16)18-10-11(2)17-9-12(18)3/h5-8,11-12,15,17H,4,9-10H2,1-3H3. The Morgan fingerprint density at radius 1 is 1.39 bits per heavy atom. The second kappa shape index (κ2) is 5.81. The molecular weight excluding hydrogens is 227 g/mol. The maximum absolute atomic E-state index is 14.0. The van der Waals surface area contributed by atoms with Gasteiger partial charge in [-0.05, 0) is 26.3 Å². The predicted octanol–water partition coefficient (Wildman–Crippen LogP) is 2.96. The second-order valence-corrected chi connectivity index (χ2v) is 5.30. The molecule has 3 atom stereocenters. The van der Waals surface area contributed by atoms with Gasteiger partial charge in [0, 0.05) is 36.8 Å². The van der Waals surface area contributed by atoms with Gasteiger partial charge in [-0.1, -0.05) is 25.1 Å². The Morgan fingerprint density at radius 3 is 2.78 bits per heavy atom. The van der Waals surface area contributed by atoms with Crippen molar-refractivity contribution >= 4 is 0 Å². The predicted molar refractivity (Wildman–Crippen MR) is 73.1 cm³/mol. The van der Waals surface area contributed by atoms with Crippen molar-refractivity contribution in [3.63, 3.8) is 0 Å². The number of hydrogen-bond acceptors (Lipinski definition) is 2. The summed E-state index contributed by atoms with van der Waals surface area (Å²) < 4.78 is 14.0. The highest BCUT2D eigenvalue weighted by atomic mass is 19.1. The number of hydrogen-bond donors (Lipinski definition) is 1. The molecule has 0 amide bonds. The van der Waals surface area contributed by atoms with Crippen LogP contribution in [0.25, 0.3) is 0 Å². The summed E-state index contributed by atoms with van der Waals surface area (Å²) >= 11 is 0. The van der Waals surface area contributed by atoms with Crippen LogP contribution in [-0.2, 0) is 0 Å². The minimum absolute atomic E-state index is 0.0808. The lowest BCUT2D eigenvalue weighted by Gasteiger charge is -2.42. The molecule has 100 valence electrons. The minimum Gasteiger partial charge on any atom is -0.311 e. The van der Waals surface area contributed by atoms with Crippen LogP contribution in [-0.4, -0.2) is 30.1 Å². The topological polar surface area (TPSA) is 15.3 Å². The first-order chi connectivity index (χ1) is 8.63. The molecule has 3 unspecified atom stereocenters. The van der Waals surface area contributed by atoms with Gasteiger partial charge in [0.1, 0.15) is 5.82 Å². The molecule has 0 saturated carbocycles. The van der Waals surface area contributed by atoms with Crippen molar-refractivity contribution in [2.75, 3.05) is 13.1 Å². The molecule has 1 aliphatic rings. The van der Waals surface area contributed by atoms with Gasteiger partial charge < -0.3 is 5.32 Å². The highest BCUT2D eigenvalue weighted by molar-refractivity contribution is 5.21. The molecule has 18 heavy (non-hydrogen) atoms. The Morgan fingerprint density at radius 2 is 2.11 bits per heavy atom. The third-order valence-electron chi connectivity index (χ3n) is 3.86. The lowest BCUT2D eigenvalue weighted by molar-refractivity contribution is 0.0902. The molecular formula is C15H23FN2. The Labute approximate surface area is 109 Å². The van der Waals surface area contributed by atoms with Crippen molar-refractivity contribution in [3.8, 4) is 0 Å². The van der Waals surface area contributed by atoms with E-state index < -0.39 is 0 Å². The van der Waals surface area contributed by atoms with Gasteiger partial charge >= 0.3 is 0 Å². The maximum atomic E-state index is 14.0. The summed E-state index contributed by atoms with van der Waals surface area (Å²) in [6, 6.07) is 8.28. The number of nitrogens with one attached hydrogen (secondary N) is 1. The summed E-state index contributed by atoms with van der Waals surface area (Å²) in [5.74, 6) is -0.0808. The molecule has 0 aliphatic carbocycles. The summed E-state index contributed by atoms with van der Waals surface area (Å²) in [6.07, 6.45) is 0.942. The van der Waals surface area contributed by atoms with E-state index in [1.807, 2.05) is 12.1 Å². The molecule has 1 heterocycles. The van der Waals surface area contributed by atoms with Crippen LogP contribution in [0.5, 0.6) is 0 Å². The molecule has 2 nitrogen and oxygen atoms in total. The Bertz CT molecular complexity index is 394. The van der Waals surface area contributed by atoms with Crippen LogP contribution in [0, 0.1) is 5.82 Å². The third-order valence-corrected chi connectivity index (χ3v) is 3.86. The minimum atomic E-state index is -0.0808. The molecule has 2 rings (SSSR count). The normalized spacial score (nSPS) is 27.1. The van der Waals surface area contributed by atoms with E-state index in [4.69, 9.17) is 0 Å². The van der Waals surface area contributed by atoms with E-state index in [1.165, 1.54) is 0 Å². The Balaban J connectivity index is 2.25. The van der Waals surface area contributed by atoms with E-state index in [9.17, 15) is 4.39 Å². The van der Waals surface area contributed by atoms with Gasteiger partial charge in [0.15, 0.2) is 0 Å². The quantitative estimate of drug-likeness (QED) is 0.887. The first kappa shape index (κ1) is 13.5. The zero-order valence-electron chi connectivity index (χ0n) is 11.5. The number of nitrogens with zero attached hydrogens (tertiary/aromatic N) is 1. The second-order valence-electron chi connectivity index (χ2n) is 5.30. The van der Waals surface area contributed by atoms with Gasteiger partial charge in [-0.25, -0.2) is 4.39 Å². The molecule has 1 fully saturated rings. The number of benzene rings is 1. The number of halogens is 1. The smallest absolute Gasteiger partial charge is 0.127 e. The maximum Gasteiger partial charge on any atom is 0.127 e. The molecule has 3 heteroatoms. The summed E-state index contributed by atoms with van der Waals surface area (Å²) in [5, 5.41) is 3.47. The van der Waals surface area contributed by atoms with Gasteiger partial charge in [-0.3, -0.25) is 4.90 Å². The van der Waals surface area contributed by atoms with E-state index in [0.717, 1.165) is 25.1 Å². The Kier molecular flexibility index (Phi) is 4.36. The molecule has 0 aromatic heterocycles. The molecule has 0 spiro atoms. The summed E-state index contributed by atoms with van der Waals surface area (Å²) in [5.41, 5.74) is 0.834. The average molecular weight is 250 g/mol. The van der Waals surface area contributed by atoms with Crippen molar-refractivity contribution in [1.82, 2.24) is 10.2 Å². The highest BCUT2D eigenvalue weighted by Gasteiger charge is 2.29. The van der Waals surface area contributed by atoms with Crippen LogP contribution < -0.4 is 5.32 Å². The first-order valence-corrected chi connectivity index (χ1v) is 6.87.